The number of nitrogens with one attached hydrogen (secondary N) is 1. The molecule has 3 rings (SSSR count). The third-order valence-electron chi connectivity index (χ3n) is 4.27. The SMILES string of the molecule is Cc1cc(CNC2CC2)ccc1N(C)C1CCOC1. The summed E-state index contributed by atoms with van der Waals surface area (Å²) >= 11 is 0. The van der Waals surface area contributed by atoms with Crippen LogP contribution in [0.3, 0.4) is 0 Å². The normalized spacial score (nSPS) is 22.7. The number of anilines is 1. The molecule has 19 heavy (non-hydrogen) atoms. The third kappa shape index (κ3) is 3.10. The topological polar surface area (TPSA) is 24.5 Å². The van der Waals surface area contributed by atoms with Crippen LogP contribution in [0, 0.1) is 6.92 Å². The lowest BCUT2D eigenvalue weighted by Crippen LogP contribution is -2.32. The van der Waals surface area contributed by atoms with Crippen LogP contribution in [0.5, 0.6) is 0 Å². The minimum absolute atomic E-state index is 0.536. The van der Waals surface area contributed by atoms with Crippen molar-refractivity contribution in [1.29, 1.82) is 0 Å². The number of hydrogen-bond acceptors (Lipinski definition) is 3. The minimum atomic E-state index is 0.536. The van der Waals surface area contributed by atoms with Gasteiger partial charge in [0, 0.05) is 31.9 Å². The van der Waals surface area contributed by atoms with Crippen LogP contribution in [-0.4, -0.2) is 32.3 Å². The molecule has 1 saturated carbocycles. The number of likely N-dealkylation sites (N-methyl/N-ethyl adjacent to an activating group) is 1. The molecule has 3 heteroatoms. The summed E-state index contributed by atoms with van der Waals surface area (Å²) in [5, 5.41) is 3.57. The van der Waals surface area contributed by atoms with E-state index in [-0.39, 0.29) is 0 Å². The summed E-state index contributed by atoms with van der Waals surface area (Å²) in [4.78, 5) is 2.38. The molecule has 1 unspecified atom stereocenters. The second kappa shape index (κ2) is 5.51. The minimum Gasteiger partial charge on any atom is -0.379 e. The molecule has 1 aromatic rings. The Morgan fingerprint density at radius 2 is 2.16 bits per heavy atom. The maximum Gasteiger partial charge on any atom is 0.0670 e. The van der Waals surface area contributed by atoms with E-state index >= 15 is 0 Å². The fourth-order valence-corrected chi connectivity index (χ4v) is 2.80. The molecule has 2 aliphatic rings. The van der Waals surface area contributed by atoms with Crippen molar-refractivity contribution in [2.45, 2.75) is 44.8 Å². The smallest absolute Gasteiger partial charge is 0.0670 e. The second-order valence-electron chi connectivity index (χ2n) is 5.90. The Hall–Kier alpha value is -1.06. The number of benzene rings is 1. The summed E-state index contributed by atoms with van der Waals surface area (Å²) in [6.07, 6.45) is 3.84. The van der Waals surface area contributed by atoms with Gasteiger partial charge < -0.3 is 15.0 Å². The van der Waals surface area contributed by atoms with E-state index in [1.807, 2.05) is 0 Å². The quantitative estimate of drug-likeness (QED) is 0.880. The molecule has 0 spiro atoms. The van der Waals surface area contributed by atoms with Crippen molar-refractivity contribution in [3.63, 3.8) is 0 Å². The van der Waals surface area contributed by atoms with Crippen molar-refractivity contribution in [3.8, 4) is 0 Å². The summed E-state index contributed by atoms with van der Waals surface area (Å²) in [7, 11) is 2.18. The first-order chi connectivity index (χ1) is 9.24. The predicted molar refractivity (Wildman–Crippen MR) is 78.7 cm³/mol. The van der Waals surface area contributed by atoms with Crippen molar-refractivity contribution < 1.29 is 4.74 Å². The number of aryl methyl sites for hydroxylation is 1. The molecule has 3 nitrogen and oxygen atoms in total. The van der Waals surface area contributed by atoms with Gasteiger partial charge in [-0.15, -0.1) is 0 Å². The van der Waals surface area contributed by atoms with E-state index in [9.17, 15) is 0 Å². The molecule has 1 saturated heterocycles. The number of rotatable bonds is 5. The molecule has 0 amide bonds. The van der Waals surface area contributed by atoms with Crippen LogP contribution in [0.15, 0.2) is 18.2 Å². The summed E-state index contributed by atoms with van der Waals surface area (Å²) in [6.45, 7) is 4.97. The Balaban J connectivity index is 1.67. The van der Waals surface area contributed by atoms with Crippen LogP contribution in [0.1, 0.15) is 30.4 Å². The molecule has 1 aliphatic heterocycles. The fraction of sp³-hybridized carbons (Fsp3) is 0.625. The van der Waals surface area contributed by atoms with Crippen LogP contribution < -0.4 is 10.2 Å². The van der Waals surface area contributed by atoms with Gasteiger partial charge >= 0.3 is 0 Å². The first-order valence-corrected chi connectivity index (χ1v) is 7.37. The van der Waals surface area contributed by atoms with Gasteiger partial charge in [0.2, 0.25) is 0 Å². The fourth-order valence-electron chi connectivity index (χ4n) is 2.80. The molecule has 1 heterocycles. The Kier molecular flexibility index (Phi) is 3.76. The van der Waals surface area contributed by atoms with Crippen molar-refractivity contribution in [3.05, 3.63) is 29.3 Å². The van der Waals surface area contributed by atoms with Gasteiger partial charge in [0.05, 0.1) is 12.6 Å². The van der Waals surface area contributed by atoms with Gasteiger partial charge in [0.1, 0.15) is 0 Å². The largest absolute Gasteiger partial charge is 0.379 e. The van der Waals surface area contributed by atoms with E-state index in [1.165, 1.54) is 29.7 Å². The number of hydrogen-bond donors (Lipinski definition) is 1. The molecule has 1 aromatic carbocycles. The van der Waals surface area contributed by atoms with Gasteiger partial charge in [0.25, 0.3) is 0 Å². The molecule has 0 radical (unpaired) electrons. The number of ether oxygens (including phenoxy) is 1. The second-order valence-corrected chi connectivity index (χ2v) is 5.90. The molecular weight excluding hydrogens is 236 g/mol. The zero-order chi connectivity index (χ0) is 13.2. The van der Waals surface area contributed by atoms with Crippen molar-refractivity contribution >= 4 is 5.69 Å². The predicted octanol–water partition coefficient (Wildman–Crippen LogP) is 2.47. The monoisotopic (exact) mass is 260 g/mol. The lowest BCUT2D eigenvalue weighted by atomic mass is 10.1. The Bertz CT molecular complexity index is 436. The highest BCUT2D eigenvalue weighted by molar-refractivity contribution is 5.54. The van der Waals surface area contributed by atoms with Crippen molar-refractivity contribution in [2.24, 2.45) is 0 Å². The van der Waals surface area contributed by atoms with E-state index in [0.717, 1.165) is 32.2 Å². The molecule has 104 valence electrons. The molecule has 0 bridgehead atoms. The lowest BCUT2D eigenvalue weighted by molar-refractivity contribution is 0.193. The van der Waals surface area contributed by atoms with Crippen LogP contribution in [-0.2, 0) is 11.3 Å². The van der Waals surface area contributed by atoms with Crippen molar-refractivity contribution in [2.75, 3.05) is 25.2 Å². The van der Waals surface area contributed by atoms with Crippen LogP contribution in [0.25, 0.3) is 0 Å². The Morgan fingerprint density at radius 3 is 2.79 bits per heavy atom. The van der Waals surface area contributed by atoms with Gasteiger partial charge in [-0.3, -0.25) is 0 Å². The standard InChI is InChI=1S/C16H24N2O/c1-12-9-13(10-17-14-4-5-14)3-6-16(12)18(2)15-7-8-19-11-15/h3,6,9,14-15,17H,4-5,7-8,10-11H2,1-2H3. The van der Waals surface area contributed by atoms with E-state index in [1.54, 1.807) is 0 Å². The van der Waals surface area contributed by atoms with Gasteiger partial charge in [-0.25, -0.2) is 0 Å². The average Bonchev–Trinajstić information content (AvgIpc) is 3.07. The Labute approximate surface area is 115 Å². The van der Waals surface area contributed by atoms with Gasteiger partial charge in [0.15, 0.2) is 0 Å². The maximum absolute atomic E-state index is 5.48. The lowest BCUT2D eigenvalue weighted by Gasteiger charge is -2.27. The summed E-state index contributed by atoms with van der Waals surface area (Å²) in [5.41, 5.74) is 4.10. The van der Waals surface area contributed by atoms with E-state index in [0.29, 0.717) is 6.04 Å². The molecule has 2 fully saturated rings. The first kappa shape index (κ1) is 12.9. The van der Waals surface area contributed by atoms with Crippen LogP contribution in [0.2, 0.25) is 0 Å². The van der Waals surface area contributed by atoms with Crippen LogP contribution >= 0.6 is 0 Å². The zero-order valence-electron chi connectivity index (χ0n) is 12.0. The summed E-state index contributed by atoms with van der Waals surface area (Å²) < 4.78 is 5.48. The van der Waals surface area contributed by atoms with E-state index < -0.39 is 0 Å². The van der Waals surface area contributed by atoms with E-state index in [2.05, 4.69) is 42.4 Å². The van der Waals surface area contributed by atoms with Gasteiger partial charge in [-0.05, 0) is 43.4 Å². The van der Waals surface area contributed by atoms with Gasteiger partial charge in [-0.1, -0.05) is 12.1 Å². The van der Waals surface area contributed by atoms with Gasteiger partial charge in [-0.2, -0.15) is 0 Å². The molecule has 1 aliphatic carbocycles. The summed E-state index contributed by atoms with van der Waals surface area (Å²) in [5.74, 6) is 0. The Morgan fingerprint density at radius 1 is 1.32 bits per heavy atom. The first-order valence-electron chi connectivity index (χ1n) is 7.37. The summed E-state index contributed by atoms with van der Waals surface area (Å²) in [6, 6.07) is 8.14. The molecule has 1 N–H and O–H groups in total. The highest BCUT2D eigenvalue weighted by Gasteiger charge is 2.22. The highest BCUT2D eigenvalue weighted by atomic mass is 16.5. The van der Waals surface area contributed by atoms with E-state index in [4.69, 9.17) is 4.74 Å². The number of nitrogens with zero attached hydrogens (tertiary/aromatic N) is 1. The maximum atomic E-state index is 5.48. The third-order valence-corrected chi connectivity index (χ3v) is 4.27. The zero-order valence-corrected chi connectivity index (χ0v) is 12.0. The highest BCUT2D eigenvalue weighted by Crippen LogP contribution is 2.25. The van der Waals surface area contributed by atoms with Crippen LogP contribution in [0.4, 0.5) is 5.69 Å². The van der Waals surface area contributed by atoms with Crippen molar-refractivity contribution in [1.82, 2.24) is 5.32 Å². The molecular formula is C16H24N2O. The molecule has 1 atom stereocenters. The molecule has 0 aromatic heterocycles. The average molecular weight is 260 g/mol.